The number of nitrogens with one attached hydrogen (secondary N) is 1. The first-order valence-corrected chi connectivity index (χ1v) is 11.3. The van der Waals surface area contributed by atoms with Crippen LogP contribution in [0.1, 0.15) is 36.4 Å². The molecule has 6 nitrogen and oxygen atoms in total. The Morgan fingerprint density at radius 2 is 1.65 bits per heavy atom. The predicted octanol–water partition coefficient (Wildman–Crippen LogP) is 3.13. The number of carbonyl (C=O) groups is 2. The zero-order valence-electron chi connectivity index (χ0n) is 18.3. The molecule has 0 spiro atoms. The van der Waals surface area contributed by atoms with Crippen LogP contribution in [0.2, 0.25) is 0 Å². The van der Waals surface area contributed by atoms with Crippen LogP contribution in [0.5, 0.6) is 0 Å². The smallest absolute Gasteiger partial charge is 0.251 e. The van der Waals surface area contributed by atoms with Crippen molar-refractivity contribution in [2.45, 2.75) is 31.8 Å². The Hall–Kier alpha value is -2.70. The zero-order valence-corrected chi connectivity index (χ0v) is 18.3. The fraction of sp³-hybridized carbons (Fsp3) is 0.440. The molecule has 0 aliphatic carbocycles. The lowest BCUT2D eigenvalue weighted by Gasteiger charge is -2.34. The van der Waals surface area contributed by atoms with E-state index in [4.69, 9.17) is 0 Å². The highest BCUT2D eigenvalue weighted by Crippen LogP contribution is 2.27. The summed E-state index contributed by atoms with van der Waals surface area (Å²) in [5.41, 5.74) is 2.85. The van der Waals surface area contributed by atoms with Gasteiger partial charge in [-0.15, -0.1) is 0 Å². The third-order valence-electron chi connectivity index (χ3n) is 6.26. The second-order valence-corrected chi connectivity index (χ2v) is 8.62. The molecule has 0 bridgehead atoms. The van der Waals surface area contributed by atoms with Crippen molar-refractivity contribution >= 4 is 17.5 Å². The highest BCUT2D eigenvalue weighted by Gasteiger charge is 2.32. The van der Waals surface area contributed by atoms with Gasteiger partial charge in [0.25, 0.3) is 5.91 Å². The minimum Gasteiger partial charge on any atom is -0.327 e. The number of benzene rings is 2. The molecule has 31 heavy (non-hydrogen) atoms. The Balaban J connectivity index is 1.44. The molecule has 1 atom stereocenters. The van der Waals surface area contributed by atoms with Gasteiger partial charge in [0.15, 0.2) is 0 Å². The number of likely N-dealkylation sites (tertiary alicyclic amines) is 1. The molecule has 0 radical (unpaired) electrons. The second-order valence-electron chi connectivity index (χ2n) is 8.62. The third kappa shape index (κ3) is 5.51. The fourth-order valence-electron chi connectivity index (χ4n) is 4.38. The lowest BCUT2D eigenvalue weighted by atomic mass is 10.0. The quantitative estimate of drug-likeness (QED) is 0.780. The molecule has 164 valence electrons. The van der Waals surface area contributed by atoms with Crippen LogP contribution in [-0.4, -0.2) is 66.3 Å². The van der Waals surface area contributed by atoms with Gasteiger partial charge in [0.1, 0.15) is 6.04 Å². The SMILES string of the molecule is CN1CCN(Cc2ccc(NC(=O)C(c3ccccc3)N3CCCCC3=O)cc2)CC1. The van der Waals surface area contributed by atoms with Gasteiger partial charge in [-0.25, -0.2) is 0 Å². The van der Waals surface area contributed by atoms with Crippen LogP contribution < -0.4 is 5.32 Å². The van der Waals surface area contributed by atoms with E-state index < -0.39 is 6.04 Å². The van der Waals surface area contributed by atoms with Crippen LogP contribution in [0, 0.1) is 0 Å². The average molecular weight is 421 g/mol. The molecule has 2 aromatic carbocycles. The molecule has 0 saturated carbocycles. The molecule has 4 rings (SSSR count). The molecular weight excluding hydrogens is 388 g/mol. The van der Waals surface area contributed by atoms with Crippen molar-refractivity contribution in [3.05, 3.63) is 65.7 Å². The number of piperidine rings is 1. The fourth-order valence-corrected chi connectivity index (χ4v) is 4.38. The van der Waals surface area contributed by atoms with E-state index in [0.717, 1.165) is 56.8 Å². The molecule has 2 saturated heterocycles. The number of rotatable bonds is 6. The molecule has 0 aromatic heterocycles. The van der Waals surface area contributed by atoms with Crippen molar-refractivity contribution in [3.63, 3.8) is 0 Å². The maximum Gasteiger partial charge on any atom is 0.251 e. The molecule has 6 heteroatoms. The molecule has 2 aromatic rings. The van der Waals surface area contributed by atoms with Crippen LogP contribution in [-0.2, 0) is 16.1 Å². The Kier molecular flexibility index (Phi) is 6.99. The van der Waals surface area contributed by atoms with E-state index in [1.165, 1.54) is 5.56 Å². The van der Waals surface area contributed by atoms with Gasteiger partial charge < -0.3 is 15.1 Å². The van der Waals surface area contributed by atoms with Gasteiger partial charge >= 0.3 is 0 Å². The number of likely N-dealkylation sites (N-methyl/N-ethyl adjacent to an activating group) is 1. The summed E-state index contributed by atoms with van der Waals surface area (Å²) in [4.78, 5) is 32.4. The van der Waals surface area contributed by atoms with E-state index in [2.05, 4.69) is 34.3 Å². The normalized spacial score (nSPS) is 19.3. The first-order valence-electron chi connectivity index (χ1n) is 11.3. The zero-order chi connectivity index (χ0) is 21.6. The Morgan fingerprint density at radius 3 is 2.32 bits per heavy atom. The third-order valence-corrected chi connectivity index (χ3v) is 6.26. The predicted molar refractivity (Wildman–Crippen MR) is 123 cm³/mol. The summed E-state index contributed by atoms with van der Waals surface area (Å²) in [6.45, 7) is 5.91. The molecule has 1 N–H and O–H groups in total. The Morgan fingerprint density at radius 1 is 0.935 bits per heavy atom. The van der Waals surface area contributed by atoms with Gasteiger partial charge in [0.2, 0.25) is 5.91 Å². The van der Waals surface area contributed by atoms with E-state index >= 15 is 0 Å². The number of hydrogen-bond acceptors (Lipinski definition) is 4. The van der Waals surface area contributed by atoms with Crippen LogP contribution in [0.3, 0.4) is 0 Å². The summed E-state index contributed by atoms with van der Waals surface area (Å²) >= 11 is 0. The highest BCUT2D eigenvalue weighted by molar-refractivity contribution is 5.98. The maximum absolute atomic E-state index is 13.3. The summed E-state index contributed by atoms with van der Waals surface area (Å²) in [6.07, 6.45) is 2.34. The van der Waals surface area contributed by atoms with E-state index in [-0.39, 0.29) is 11.8 Å². The lowest BCUT2D eigenvalue weighted by Crippen LogP contribution is -2.44. The standard InChI is InChI=1S/C25H32N4O2/c1-27-15-17-28(18-16-27)19-20-10-12-22(13-11-20)26-25(31)24(21-7-3-2-4-8-21)29-14-6-5-9-23(29)30/h2-4,7-8,10-13,24H,5-6,9,14-19H2,1H3,(H,26,31). The van der Waals surface area contributed by atoms with Crippen LogP contribution in [0.15, 0.2) is 54.6 Å². The molecule has 2 fully saturated rings. The number of nitrogens with zero attached hydrogens (tertiary/aromatic N) is 3. The van der Waals surface area contributed by atoms with Gasteiger partial charge in [0.05, 0.1) is 0 Å². The summed E-state index contributed by atoms with van der Waals surface area (Å²) in [5, 5.41) is 3.04. The van der Waals surface area contributed by atoms with Crippen LogP contribution in [0.25, 0.3) is 0 Å². The Labute approximate surface area is 184 Å². The van der Waals surface area contributed by atoms with Crippen molar-refractivity contribution in [1.82, 2.24) is 14.7 Å². The van der Waals surface area contributed by atoms with Crippen molar-refractivity contribution in [2.75, 3.05) is 45.1 Å². The molecule has 2 heterocycles. The number of amides is 2. The number of carbonyl (C=O) groups excluding carboxylic acids is 2. The molecule has 1 unspecified atom stereocenters. The first-order chi connectivity index (χ1) is 15.1. The van der Waals surface area contributed by atoms with Crippen molar-refractivity contribution in [1.29, 1.82) is 0 Å². The van der Waals surface area contributed by atoms with E-state index in [1.807, 2.05) is 42.5 Å². The number of piperazine rings is 1. The van der Waals surface area contributed by atoms with E-state index in [0.29, 0.717) is 13.0 Å². The van der Waals surface area contributed by atoms with E-state index in [1.54, 1.807) is 4.90 Å². The largest absolute Gasteiger partial charge is 0.327 e. The minimum absolute atomic E-state index is 0.0535. The molecule has 2 aliphatic rings. The van der Waals surface area contributed by atoms with Gasteiger partial charge in [-0.05, 0) is 43.1 Å². The van der Waals surface area contributed by atoms with Crippen molar-refractivity contribution in [2.24, 2.45) is 0 Å². The van der Waals surface area contributed by atoms with Gasteiger partial charge in [-0.1, -0.05) is 42.5 Å². The number of anilines is 1. The van der Waals surface area contributed by atoms with Gasteiger partial charge in [0, 0.05) is 51.4 Å². The minimum atomic E-state index is -0.598. The molecule has 2 amide bonds. The molecular formula is C25H32N4O2. The second kappa shape index (κ2) is 10.1. The maximum atomic E-state index is 13.3. The average Bonchev–Trinajstić information content (AvgIpc) is 2.79. The summed E-state index contributed by atoms with van der Waals surface area (Å²) in [5.74, 6) is -0.106. The van der Waals surface area contributed by atoms with Crippen molar-refractivity contribution in [3.8, 4) is 0 Å². The van der Waals surface area contributed by atoms with Crippen LogP contribution in [0.4, 0.5) is 5.69 Å². The van der Waals surface area contributed by atoms with Gasteiger partial charge in [-0.3, -0.25) is 14.5 Å². The first kappa shape index (κ1) is 21.5. The van der Waals surface area contributed by atoms with Crippen LogP contribution >= 0.6 is 0 Å². The van der Waals surface area contributed by atoms with Crippen molar-refractivity contribution < 1.29 is 9.59 Å². The van der Waals surface area contributed by atoms with Gasteiger partial charge in [-0.2, -0.15) is 0 Å². The highest BCUT2D eigenvalue weighted by atomic mass is 16.2. The molecule has 2 aliphatic heterocycles. The Bertz CT molecular complexity index is 876. The van der Waals surface area contributed by atoms with E-state index in [9.17, 15) is 9.59 Å². The topological polar surface area (TPSA) is 55.9 Å². The summed E-state index contributed by atoms with van der Waals surface area (Å²) in [6, 6.07) is 17.1. The monoisotopic (exact) mass is 420 g/mol. The summed E-state index contributed by atoms with van der Waals surface area (Å²) < 4.78 is 0. The number of hydrogen-bond donors (Lipinski definition) is 1. The lowest BCUT2D eigenvalue weighted by molar-refractivity contribution is -0.141. The summed E-state index contributed by atoms with van der Waals surface area (Å²) in [7, 11) is 2.16.